The van der Waals surface area contributed by atoms with Crippen LogP contribution in [0.2, 0.25) is 0 Å². The Kier molecular flexibility index (Phi) is 7.05. The van der Waals surface area contributed by atoms with E-state index in [1.165, 1.54) is 0 Å². The van der Waals surface area contributed by atoms with Gasteiger partial charge >= 0.3 is 0 Å². The molecule has 0 radical (unpaired) electrons. The van der Waals surface area contributed by atoms with Gasteiger partial charge in [0.15, 0.2) is 0 Å². The van der Waals surface area contributed by atoms with E-state index in [2.05, 4.69) is 38.9 Å². The number of rotatable bonds is 6. The lowest BCUT2D eigenvalue weighted by atomic mass is 10.0. The molecular weight excluding hydrogens is 368 g/mol. The smallest absolute Gasteiger partial charge is 0.237 e. The molecule has 0 aliphatic carbocycles. The summed E-state index contributed by atoms with van der Waals surface area (Å²) in [6.07, 6.45) is 3.07. The fourth-order valence-corrected chi connectivity index (χ4v) is 3.96. The molecule has 8 nitrogen and oxygen atoms in total. The Bertz CT molecular complexity index is 730. The van der Waals surface area contributed by atoms with Gasteiger partial charge in [-0.2, -0.15) is 0 Å². The zero-order valence-corrected chi connectivity index (χ0v) is 18.1. The van der Waals surface area contributed by atoms with Crippen LogP contribution in [-0.2, 0) is 9.59 Å². The van der Waals surface area contributed by atoms with Gasteiger partial charge in [-0.25, -0.2) is 4.98 Å². The van der Waals surface area contributed by atoms with E-state index in [9.17, 15) is 9.59 Å². The Labute approximate surface area is 173 Å². The van der Waals surface area contributed by atoms with Crippen molar-refractivity contribution in [3.8, 4) is 0 Å². The first kappa shape index (κ1) is 21.5. The van der Waals surface area contributed by atoms with Crippen LogP contribution < -0.4 is 10.2 Å². The van der Waals surface area contributed by atoms with E-state index >= 15 is 0 Å². The van der Waals surface area contributed by atoms with Crippen LogP contribution in [0.4, 0.5) is 5.82 Å². The van der Waals surface area contributed by atoms with Gasteiger partial charge in [-0.05, 0) is 32.7 Å². The van der Waals surface area contributed by atoms with E-state index in [-0.39, 0.29) is 24.3 Å². The van der Waals surface area contributed by atoms with Crippen molar-refractivity contribution in [1.82, 2.24) is 25.1 Å². The van der Waals surface area contributed by atoms with Crippen molar-refractivity contribution in [3.05, 3.63) is 17.6 Å². The number of amides is 2. The summed E-state index contributed by atoms with van der Waals surface area (Å²) in [5.41, 5.74) is 1.81. The molecule has 29 heavy (non-hydrogen) atoms. The zero-order valence-electron chi connectivity index (χ0n) is 18.1. The first-order valence-corrected chi connectivity index (χ1v) is 10.7. The maximum absolute atomic E-state index is 12.9. The summed E-state index contributed by atoms with van der Waals surface area (Å²) in [7, 11) is 0. The first-order chi connectivity index (χ1) is 13.8. The third-order valence-corrected chi connectivity index (χ3v) is 5.79. The van der Waals surface area contributed by atoms with Crippen molar-refractivity contribution in [1.29, 1.82) is 0 Å². The fraction of sp³-hybridized carbons (Fsp3) is 0.714. The SMILES string of the molecule is Cc1cnc(C)c(N2CCN(C(=O)CC3C(=O)NCCN3CCC(C)C)CC2)n1. The number of anilines is 1. The van der Waals surface area contributed by atoms with E-state index in [4.69, 9.17) is 0 Å². The number of aromatic nitrogens is 2. The molecule has 2 aliphatic rings. The molecule has 8 heteroatoms. The second-order valence-corrected chi connectivity index (χ2v) is 8.52. The molecule has 0 spiro atoms. The van der Waals surface area contributed by atoms with E-state index < -0.39 is 0 Å². The van der Waals surface area contributed by atoms with Crippen molar-refractivity contribution >= 4 is 17.6 Å². The Morgan fingerprint density at radius 1 is 1.21 bits per heavy atom. The highest BCUT2D eigenvalue weighted by Crippen LogP contribution is 2.19. The number of carbonyl (C=O) groups is 2. The molecular formula is C21H34N6O2. The summed E-state index contributed by atoms with van der Waals surface area (Å²) in [5.74, 6) is 1.53. The molecule has 1 unspecified atom stereocenters. The van der Waals surface area contributed by atoms with Crippen LogP contribution in [0.25, 0.3) is 0 Å². The zero-order chi connectivity index (χ0) is 21.0. The minimum absolute atomic E-state index is 0.0161. The van der Waals surface area contributed by atoms with Gasteiger partial charge in [-0.15, -0.1) is 0 Å². The highest BCUT2D eigenvalue weighted by Gasteiger charge is 2.33. The summed E-state index contributed by atoms with van der Waals surface area (Å²) in [6, 6.07) is -0.349. The van der Waals surface area contributed by atoms with Gasteiger partial charge in [0, 0.05) is 45.5 Å². The molecule has 2 amide bonds. The molecule has 1 atom stereocenters. The molecule has 2 fully saturated rings. The Hall–Kier alpha value is -2.22. The summed E-state index contributed by atoms with van der Waals surface area (Å²) < 4.78 is 0. The second-order valence-electron chi connectivity index (χ2n) is 8.52. The molecule has 1 aromatic heterocycles. The van der Waals surface area contributed by atoms with Crippen LogP contribution in [0.5, 0.6) is 0 Å². The third kappa shape index (κ3) is 5.44. The number of nitrogens with one attached hydrogen (secondary N) is 1. The highest BCUT2D eigenvalue weighted by molar-refractivity contribution is 5.89. The monoisotopic (exact) mass is 402 g/mol. The average Bonchev–Trinajstić information content (AvgIpc) is 2.70. The lowest BCUT2D eigenvalue weighted by molar-refractivity contribution is -0.139. The van der Waals surface area contributed by atoms with Crippen LogP contribution in [-0.4, -0.2) is 83.4 Å². The molecule has 2 aliphatic heterocycles. The standard InChI is InChI=1S/C21H34N6O2/c1-15(2)5-7-25-8-6-22-21(29)18(25)13-19(28)26-9-11-27(12-10-26)20-17(4)23-14-16(3)24-20/h14-15,18H,5-13H2,1-4H3,(H,22,29). The van der Waals surface area contributed by atoms with Crippen molar-refractivity contribution in [2.24, 2.45) is 5.92 Å². The van der Waals surface area contributed by atoms with Crippen LogP contribution in [0.15, 0.2) is 6.20 Å². The number of hydrogen-bond donors (Lipinski definition) is 1. The lowest BCUT2D eigenvalue weighted by Crippen LogP contribution is -2.58. The second kappa shape index (κ2) is 9.52. The number of carbonyl (C=O) groups excluding carboxylic acids is 2. The van der Waals surface area contributed by atoms with Gasteiger partial charge in [0.1, 0.15) is 5.82 Å². The highest BCUT2D eigenvalue weighted by atomic mass is 16.2. The van der Waals surface area contributed by atoms with E-state index in [1.54, 1.807) is 6.20 Å². The topological polar surface area (TPSA) is 81.7 Å². The van der Waals surface area contributed by atoms with Gasteiger partial charge < -0.3 is 15.1 Å². The predicted molar refractivity (Wildman–Crippen MR) is 113 cm³/mol. The molecule has 3 heterocycles. The molecule has 0 saturated carbocycles. The van der Waals surface area contributed by atoms with Crippen LogP contribution in [0, 0.1) is 19.8 Å². The number of nitrogens with zero attached hydrogens (tertiary/aromatic N) is 5. The maximum atomic E-state index is 12.9. The minimum Gasteiger partial charge on any atom is -0.353 e. The average molecular weight is 403 g/mol. The van der Waals surface area contributed by atoms with Crippen LogP contribution >= 0.6 is 0 Å². The summed E-state index contributed by atoms with van der Waals surface area (Å²) >= 11 is 0. The van der Waals surface area contributed by atoms with Gasteiger partial charge in [0.2, 0.25) is 11.8 Å². The molecule has 2 saturated heterocycles. The van der Waals surface area contributed by atoms with Crippen molar-refractivity contribution < 1.29 is 9.59 Å². The quantitative estimate of drug-likeness (QED) is 0.764. The Morgan fingerprint density at radius 2 is 1.93 bits per heavy atom. The Morgan fingerprint density at radius 3 is 2.62 bits per heavy atom. The van der Waals surface area contributed by atoms with Crippen molar-refractivity contribution in [2.75, 3.05) is 50.7 Å². The fourth-order valence-electron chi connectivity index (χ4n) is 3.96. The lowest BCUT2D eigenvalue weighted by Gasteiger charge is -2.38. The van der Waals surface area contributed by atoms with Crippen molar-refractivity contribution in [2.45, 2.75) is 46.6 Å². The molecule has 3 rings (SSSR count). The molecule has 0 bridgehead atoms. The third-order valence-electron chi connectivity index (χ3n) is 5.79. The molecule has 1 aromatic rings. The van der Waals surface area contributed by atoms with Gasteiger partial charge in [-0.3, -0.25) is 19.5 Å². The summed E-state index contributed by atoms with van der Waals surface area (Å²) in [5, 5.41) is 2.92. The van der Waals surface area contributed by atoms with E-state index in [1.807, 2.05) is 18.7 Å². The molecule has 160 valence electrons. The van der Waals surface area contributed by atoms with Gasteiger partial charge in [0.05, 0.1) is 23.9 Å². The molecule has 0 aromatic carbocycles. The van der Waals surface area contributed by atoms with E-state index in [0.29, 0.717) is 25.6 Å². The minimum atomic E-state index is -0.349. The summed E-state index contributed by atoms with van der Waals surface area (Å²) in [4.78, 5) is 40.6. The number of aryl methyl sites for hydroxylation is 2. The normalized spacial score (nSPS) is 20.9. The maximum Gasteiger partial charge on any atom is 0.237 e. The number of hydrogen-bond acceptors (Lipinski definition) is 6. The Balaban J connectivity index is 1.57. The van der Waals surface area contributed by atoms with Crippen molar-refractivity contribution in [3.63, 3.8) is 0 Å². The first-order valence-electron chi connectivity index (χ1n) is 10.7. The van der Waals surface area contributed by atoms with Crippen LogP contribution in [0.1, 0.15) is 38.1 Å². The largest absolute Gasteiger partial charge is 0.353 e. The van der Waals surface area contributed by atoms with Gasteiger partial charge in [-0.1, -0.05) is 13.8 Å². The van der Waals surface area contributed by atoms with E-state index in [0.717, 1.165) is 49.8 Å². The molecule has 1 N–H and O–H groups in total. The summed E-state index contributed by atoms with van der Waals surface area (Å²) in [6.45, 7) is 13.4. The number of piperazine rings is 2. The van der Waals surface area contributed by atoms with Crippen LogP contribution in [0.3, 0.4) is 0 Å². The predicted octanol–water partition coefficient (Wildman–Crippen LogP) is 0.979. The van der Waals surface area contributed by atoms with Gasteiger partial charge in [0.25, 0.3) is 0 Å².